The van der Waals surface area contributed by atoms with E-state index in [0.717, 1.165) is 18.2 Å². The maximum absolute atomic E-state index is 12.9. The smallest absolute Gasteiger partial charge is 0.315 e. The highest BCUT2D eigenvalue weighted by Crippen LogP contribution is 2.21. The Bertz CT molecular complexity index is 622. The zero-order chi connectivity index (χ0) is 15.9. The van der Waals surface area contributed by atoms with Gasteiger partial charge in [-0.15, -0.1) is 6.58 Å². The lowest BCUT2D eigenvalue weighted by Gasteiger charge is -2.09. The Morgan fingerprint density at radius 3 is 2.67 bits per heavy atom. The zero-order valence-corrected chi connectivity index (χ0v) is 12.6. The maximum Gasteiger partial charge on any atom is 0.315 e. The van der Waals surface area contributed by atoms with Crippen LogP contribution in [0, 0.1) is 5.82 Å². The summed E-state index contributed by atoms with van der Waals surface area (Å²) in [6.45, 7) is 3.80. The molecule has 0 fully saturated rings. The van der Waals surface area contributed by atoms with Crippen LogP contribution < -0.4 is 15.4 Å². The third-order valence-electron chi connectivity index (χ3n) is 2.29. The fourth-order valence-corrected chi connectivity index (χ4v) is 2.92. The summed E-state index contributed by atoms with van der Waals surface area (Å²) in [6, 6.07) is 2.55. The Morgan fingerprint density at radius 1 is 1.33 bits per heavy atom. The average Bonchev–Trinajstić information content (AvgIpc) is 2.41. The summed E-state index contributed by atoms with van der Waals surface area (Å²) in [4.78, 5) is 11.0. The normalized spacial score (nSPS) is 11.0. The molecule has 0 aliphatic heterocycles. The molecular weight excluding hydrogens is 321 g/mol. The number of hydrogen-bond acceptors (Lipinski definition) is 3. The lowest BCUT2D eigenvalue weighted by Crippen LogP contribution is -2.40. The lowest BCUT2D eigenvalue weighted by atomic mass is 10.3. The van der Waals surface area contributed by atoms with Crippen molar-refractivity contribution in [2.24, 2.45) is 0 Å². The number of halogens is 2. The van der Waals surface area contributed by atoms with Crippen molar-refractivity contribution in [1.82, 2.24) is 15.4 Å². The van der Waals surface area contributed by atoms with E-state index in [1.54, 1.807) is 0 Å². The van der Waals surface area contributed by atoms with Crippen LogP contribution in [-0.4, -0.2) is 34.1 Å². The van der Waals surface area contributed by atoms with E-state index in [0.29, 0.717) is 6.54 Å². The molecule has 0 unspecified atom stereocenters. The van der Waals surface area contributed by atoms with Crippen LogP contribution in [0.25, 0.3) is 0 Å². The standard InChI is InChI=1S/C12H15ClFN3O3S/c1-2-5-15-12(18)16-6-7-17-21(19,20)11-4-3-9(14)8-10(11)13/h2-4,8,17H,1,5-7H2,(H2,15,16,18). The molecule has 0 aliphatic carbocycles. The van der Waals surface area contributed by atoms with Gasteiger partial charge in [0.25, 0.3) is 0 Å². The van der Waals surface area contributed by atoms with Crippen molar-refractivity contribution in [3.63, 3.8) is 0 Å². The van der Waals surface area contributed by atoms with Gasteiger partial charge in [-0.25, -0.2) is 22.3 Å². The van der Waals surface area contributed by atoms with Crippen molar-refractivity contribution in [3.05, 3.63) is 41.7 Å². The maximum atomic E-state index is 12.9. The van der Waals surface area contributed by atoms with Crippen LogP contribution >= 0.6 is 11.6 Å². The van der Waals surface area contributed by atoms with Crippen LogP contribution in [0.4, 0.5) is 9.18 Å². The minimum Gasteiger partial charge on any atom is -0.337 e. The Kier molecular flexibility index (Phi) is 6.60. The summed E-state index contributed by atoms with van der Waals surface area (Å²) in [5, 5.41) is 4.71. The van der Waals surface area contributed by atoms with Gasteiger partial charge in [0.2, 0.25) is 10.0 Å². The van der Waals surface area contributed by atoms with Gasteiger partial charge in [-0.2, -0.15) is 0 Å². The Balaban J connectivity index is 2.50. The predicted molar refractivity (Wildman–Crippen MR) is 78.2 cm³/mol. The first-order valence-electron chi connectivity index (χ1n) is 5.94. The quantitative estimate of drug-likeness (QED) is 0.517. The molecule has 116 valence electrons. The second-order valence-corrected chi connectivity index (χ2v) is 6.04. The topological polar surface area (TPSA) is 87.3 Å². The van der Waals surface area contributed by atoms with E-state index < -0.39 is 21.9 Å². The Morgan fingerprint density at radius 2 is 2.05 bits per heavy atom. The summed E-state index contributed by atoms with van der Waals surface area (Å²) >= 11 is 5.69. The monoisotopic (exact) mass is 335 g/mol. The Labute approximate surface area is 127 Å². The second kappa shape index (κ2) is 7.96. The number of amides is 2. The van der Waals surface area contributed by atoms with Crippen molar-refractivity contribution < 1.29 is 17.6 Å². The van der Waals surface area contributed by atoms with Crippen LogP contribution in [-0.2, 0) is 10.0 Å². The molecule has 0 aromatic heterocycles. The van der Waals surface area contributed by atoms with Crippen LogP contribution in [0.3, 0.4) is 0 Å². The van der Waals surface area contributed by atoms with E-state index in [4.69, 9.17) is 11.6 Å². The molecule has 0 spiro atoms. The largest absolute Gasteiger partial charge is 0.337 e. The number of sulfonamides is 1. The van der Waals surface area contributed by atoms with Crippen molar-refractivity contribution >= 4 is 27.7 Å². The third-order valence-corrected chi connectivity index (χ3v) is 4.24. The molecule has 0 saturated heterocycles. The Hall–Kier alpha value is -1.64. The van der Waals surface area contributed by atoms with E-state index in [2.05, 4.69) is 21.9 Å². The van der Waals surface area contributed by atoms with Crippen LogP contribution in [0.2, 0.25) is 5.02 Å². The minimum atomic E-state index is -3.86. The summed E-state index contributed by atoms with van der Waals surface area (Å²) in [6.07, 6.45) is 1.51. The molecule has 1 rings (SSSR count). The summed E-state index contributed by atoms with van der Waals surface area (Å²) in [7, 11) is -3.86. The van der Waals surface area contributed by atoms with Gasteiger partial charge in [0.15, 0.2) is 0 Å². The zero-order valence-electron chi connectivity index (χ0n) is 11.0. The van der Waals surface area contributed by atoms with Gasteiger partial charge < -0.3 is 10.6 Å². The molecule has 0 radical (unpaired) electrons. The van der Waals surface area contributed by atoms with Gasteiger partial charge in [0.05, 0.1) is 5.02 Å². The van der Waals surface area contributed by atoms with Crippen molar-refractivity contribution in [1.29, 1.82) is 0 Å². The van der Waals surface area contributed by atoms with Crippen molar-refractivity contribution in [3.8, 4) is 0 Å². The van der Waals surface area contributed by atoms with Gasteiger partial charge in [0.1, 0.15) is 10.7 Å². The van der Waals surface area contributed by atoms with E-state index in [-0.39, 0.29) is 23.0 Å². The second-order valence-electron chi connectivity index (χ2n) is 3.90. The van der Waals surface area contributed by atoms with E-state index >= 15 is 0 Å². The summed E-state index contributed by atoms with van der Waals surface area (Å²) in [5.41, 5.74) is 0. The van der Waals surface area contributed by atoms with E-state index in [1.165, 1.54) is 6.08 Å². The van der Waals surface area contributed by atoms with Crippen LogP contribution in [0.1, 0.15) is 0 Å². The van der Waals surface area contributed by atoms with Gasteiger partial charge >= 0.3 is 6.03 Å². The molecule has 6 nitrogen and oxygen atoms in total. The highest BCUT2D eigenvalue weighted by atomic mass is 35.5. The van der Waals surface area contributed by atoms with E-state index in [9.17, 15) is 17.6 Å². The molecule has 1 aromatic rings. The molecular formula is C12H15ClFN3O3S. The molecule has 0 saturated carbocycles. The van der Waals surface area contributed by atoms with Gasteiger partial charge in [-0.3, -0.25) is 0 Å². The summed E-state index contributed by atoms with van der Waals surface area (Å²) < 4.78 is 39.0. The number of benzene rings is 1. The highest BCUT2D eigenvalue weighted by molar-refractivity contribution is 7.89. The first-order valence-corrected chi connectivity index (χ1v) is 7.80. The SMILES string of the molecule is C=CCNC(=O)NCCNS(=O)(=O)c1ccc(F)cc1Cl. The lowest BCUT2D eigenvalue weighted by molar-refractivity contribution is 0.242. The van der Waals surface area contributed by atoms with Crippen molar-refractivity contribution in [2.75, 3.05) is 19.6 Å². The summed E-state index contributed by atoms with van der Waals surface area (Å²) in [5.74, 6) is -0.625. The number of carbonyl (C=O) groups is 1. The number of carbonyl (C=O) groups excluding carboxylic acids is 1. The van der Waals surface area contributed by atoms with E-state index in [1.807, 2.05) is 0 Å². The van der Waals surface area contributed by atoms with Gasteiger partial charge in [-0.05, 0) is 18.2 Å². The minimum absolute atomic E-state index is 0.0302. The molecule has 1 aromatic carbocycles. The molecule has 0 atom stereocenters. The number of urea groups is 1. The van der Waals surface area contributed by atoms with Crippen LogP contribution in [0.5, 0.6) is 0 Å². The molecule has 2 amide bonds. The average molecular weight is 336 g/mol. The van der Waals surface area contributed by atoms with Crippen LogP contribution in [0.15, 0.2) is 35.7 Å². The molecule has 0 heterocycles. The first kappa shape index (κ1) is 17.4. The third kappa shape index (κ3) is 5.70. The highest BCUT2D eigenvalue weighted by Gasteiger charge is 2.17. The molecule has 0 aliphatic rings. The number of nitrogens with one attached hydrogen (secondary N) is 3. The van der Waals surface area contributed by atoms with Gasteiger partial charge in [-0.1, -0.05) is 17.7 Å². The number of hydrogen-bond donors (Lipinski definition) is 3. The fourth-order valence-electron chi connectivity index (χ4n) is 1.36. The fraction of sp³-hybridized carbons (Fsp3) is 0.250. The molecule has 3 N–H and O–H groups in total. The molecule has 21 heavy (non-hydrogen) atoms. The van der Waals surface area contributed by atoms with Crippen molar-refractivity contribution in [2.45, 2.75) is 4.90 Å². The predicted octanol–water partition coefficient (Wildman–Crippen LogP) is 1.24. The molecule has 9 heteroatoms. The first-order chi connectivity index (χ1) is 9.86. The number of rotatable bonds is 7. The molecule has 0 bridgehead atoms. The van der Waals surface area contributed by atoms with Gasteiger partial charge in [0, 0.05) is 19.6 Å².